The van der Waals surface area contributed by atoms with Gasteiger partial charge in [0.25, 0.3) is 0 Å². The van der Waals surface area contributed by atoms with E-state index >= 15 is 0 Å². The summed E-state index contributed by atoms with van der Waals surface area (Å²) in [5, 5.41) is 11.2. The van der Waals surface area contributed by atoms with Crippen LogP contribution in [0.4, 0.5) is 0 Å². The Morgan fingerprint density at radius 3 is 2.62 bits per heavy atom. The van der Waals surface area contributed by atoms with Crippen LogP contribution in [-0.2, 0) is 11.8 Å². The first kappa shape index (κ1) is 16.0. The van der Waals surface area contributed by atoms with Crippen molar-refractivity contribution in [1.29, 1.82) is 0 Å². The number of halogens is 1. The van der Waals surface area contributed by atoms with Gasteiger partial charge in [0.1, 0.15) is 5.75 Å². The molecule has 1 heterocycles. The van der Waals surface area contributed by atoms with Gasteiger partial charge in [0.15, 0.2) is 0 Å². The van der Waals surface area contributed by atoms with E-state index in [1.165, 1.54) is 23.1 Å². The van der Waals surface area contributed by atoms with Crippen LogP contribution in [0.15, 0.2) is 36.4 Å². The van der Waals surface area contributed by atoms with Crippen molar-refractivity contribution in [1.82, 2.24) is 4.90 Å². The molecule has 2 aromatic rings. The summed E-state index contributed by atoms with van der Waals surface area (Å²) in [5.41, 5.74) is 4.96. The van der Waals surface area contributed by atoms with E-state index in [9.17, 15) is 5.11 Å². The Kier molecular flexibility index (Phi) is 3.85. The quantitative estimate of drug-likeness (QED) is 0.830. The molecule has 2 aromatic carbocycles. The molecule has 1 aliphatic heterocycles. The molecule has 0 saturated heterocycles. The van der Waals surface area contributed by atoms with Gasteiger partial charge in [-0.15, -0.1) is 0 Å². The molecule has 2 aliphatic rings. The third-order valence-corrected chi connectivity index (χ3v) is 6.44. The van der Waals surface area contributed by atoms with Crippen molar-refractivity contribution in [2.75, 3.05) is 13.6 Å². The molecule has 1 N–H and O–H groups in total. The summed E-state index contributed by atoms with van der Waals surface area (Å²) in [6.45, 7) is 3.03. The smallest absolute Gasteiger partial charge is 0.118 e. The third kappa shape index (κ3) is 2.28. The van der Waals surface area contributed by atoms with E-state index in [-0.39, 0.29) is 11.5 Å². The molecular weight excluding hydrogens is 318 g/mol. The van der Waals surface area contributed by atoms with Gasteiger partial charge in [-0.3, -0.25) is 4.90 Å². The summed E-state index contributed by atoms with van der Waals surface area (Å²) < 4.78 is 0. The molecule has 1 unspecified atom stereocenters. The zero-order valence-corrected chi connectivity index (χ0v) is 15.1. The van der Waals surface area contributed by atoms with Gasteiger partial charge < -0.3 is 5.11 Å². The van der Waals surface area contributed by atoms with Gasteiger partial charge in [-0.1, -0.05) is 42.3 Å². The number of nitrogens with zero attached hydrogens (tertiary/aromatic N) is 1. The molecule has 1 saturated carbocycles. The largest absolute Gasteiger partial charge is 0.508 e. The van der Waals surface area contributed by atoms with Gasteiger partial charge in [0.05, 0.1) is 0 Å². The maximum atomic E-state index is 10.3. The number of aromatic hydroxyl groups is 1. The van der Waals surface area contributed by atoms with Crippen LogP contribution in [-0.4, -0.2) is 23.6 Å². The molecule has 3 heteroatoms. The second-order valence-corrected chi connectivity index (χ2v) is 7.87. The maximum absolute atomic E-state index is 10.3. The van der Waals surface area contributed by atoms with E-state index < -0.39 is 0 Å². The number of aryl methyl sites for hydroxylation is 1. The summed E-state index contributed by atoms with van der Waals surface area (Å²) in [4.78, 5) is 2.46. The standard InChI is InChI=1S/C21H24ClNO/c1-14-12-15-8-11-23(2)20(16(15)13-19(14)24)21(9-5-10-21)17-6-3-4-7-18(17)22/h3-4,6-7,12-13,20,24H,5,8-11H2,1-2H3. The number of phenolic OH excluding ortho intramolecular Hbond substituents is 1. The second kappa shape index (κ2) is 5.79. The van der Waals surface area contributed by atoms with Crippen LogP contribution in [0.1, 0.15) is 47.6 Å². The first-order valence-corrected chi connectivity index (χ1v) is 9.18. The molecule has 2 nitrogen and oxygen atoms in total. The molecule has 1 aliphatic carbocycles. The predicted octanol–water partition coefficient (Wildman–Crippen LogP) is 5.00. The fourth-order valence-corrected chi connectivity index (χ4v) is 5.06. The van der Waals surface area contributed by atoms with E-state index in [1.807, 2.05) is 25.1 Å². The van der Waals surface area contributed by atoms with Crippen molar-refractivity contribution in [2.45, 2.75) is 44.1 Å². The summed E-state index contributed by atoms with van der Waals surface area (Å²) in [6.07, 6.45) is 4.59. The van der Waals surface area contributed by atoms with Crippen LogP contribution >= 0.6 is 11.6 Å². The third-order valence-electron chi connectivity index (χ3n) is 6.11. The number of hydrogen-bond acceptors (Lipinski definition) is 2. The van der Waals surface area contributed by atoms with Crippen LogP contribution < -0.4 is 0 Å². The lowest BCUT2D eigenvalue weighted by Crippen LogP contribution is -2.50. The topological polar surface area (TPSA) is 23.5 Å². The lowest BCUT2D eigenvalue weighted by atomic mass is 9.57. The van der Waals surface area contributed by atoms with Crippen molar-refractivity contribution < 1.29 is 5.11 Å². The highest BCUT2D eigenvalue weighted by Crippen LogP contribution is 2.57. The Morgan fingerprint density at radius 2 is 1.96 bits per heavy atom. The molecule has 126 valence electrons. The zero-order chi connectivity index (χ0) is 16.9. The van der Waals surface area contributed by atoms with Crippen molar-refractivity contribution in [3.63, 3.8) is 0 Å². The Morgan fingerprint density at radius 1 is 1.21 bits per heavy atom. The molecule has 0 bridgehead atoms. The van der Waals surface area contributed by atoms with Gasteiger partial charge in [-0.25, -0.2) is 0 Å². The number of benzene rings is 2. The van der Waals surface area contributed by atoms with E-state index in [0.717, 1.165) is 36.4 Å². The SMILES string of the molecule is Cc1cc2c(cc1O)C(C1(c3ccccc3Cl)CCC1)N(C)CC2. The van der Waals surface area contributed by atoms with Crippen molar-refractivity contribution in [3.8, 4) is 5.75 Å². The van der Waals surface area contributed by atoms with Crippen LogP contribution in [0.2, 0.25) is 5.02 Å². The monoisotopic (exact) mass is 341 g/mol. The second-order valence-electron chi connectivity index (χ2n) is 7.46. The lowest BCUT2D eigenvalue weighted by molar-refractivity contribution is 0.0716. The molecule has 0 amide bonds. The molecule has 24 heavy (non-hydrogen) atoms. The maximum Gasteiger partial charge on any atom is 0.118 e. The highest BCUT2D eigenvalue weighted by atomic mass is 35.5. The van der Waals surface area contributed by atoms with Gasteiger partial charge in [0, 0.05) is 23.0 Å². The van der Waals surface area contributed by atoms with Crippen LogP contribution in [0, 0.1) is 6.92 Å². The number of rotatable bonds is 2. The van der Waals surface area contributed by atoms with E-state index in [2.05, 4.69) is 30.1 Å². The van der Waals surface area contributed by atoms with Crippen LogP contribution in [0.3, 0.4) is 0 Å². The van der Waals surface area contributed by atoms with Gasteiger partial charge >= 0.3 is 0 Å². The van der Waals surface area contributed by atoms with Gasteiger partial charge in [-0.05, 0) is 67.6 Å². The first-order valence-electron chi connectivity index (χ1n) is 8.80. The Bertz CT molecular complexity index is 781. The van der Waals surface area contributed by atoms with Gasteiger partial charge in [-0.2, -0.15) is 0 Å². The van der Waals surface area contributed by atoms with E-state index in [4.69, 9.17) is 11.6 Å². The minimum atomic E-state index is 0.0595. The average Bonchev–Trinajstić information content (AvgIpc) is 2.52. The molecule has 1 fully saturated rings. The minimum absolute atomic E-state index is 0.0595. The summed E-state index contributed by atoms with van der Waals surface area (Å²) in [7, 11) is 2.21. The number of phenols is 1. The predicted molar refractivity (Wildman–Crippen MR) is 98.9 cm³/mol. The summed E-state index contributed by atoms with van der Waals surface area (Å²) in [5.74, 6) is 0.405. The van der Waals surface area contributed by atoms with Crippen LogP contribution in [0.25, 0.3) is 0 Å². The lowest BCUT2D eigenvalue weighted by Gasteiger charge is -2.54. The Balaban J connectivity index is 1.89. The molecule has 0 spiro atoms. The number of likely N-dealkylation sites (N-methyl/N-ethyl adjacent to an activating group) is 1. The molecule has 0 radical (unpaired) electrons. The number of hydrogen-bond donors (Lipinski definition) is 1. The zero-order valence-electron chi connectivity index (χ0n) is 14.3. The van der Waals surface area contributed by atoms with Crippen molar-refractivity contribution >= 4 is 11.6 Å². The van der Waals surface area contributed by atoms with E-state index in [0.29, 0.717) is 5.75 Å². The van der Waals surface area contributed by atoms with Crippen molar-refractivity contribution in [3.05, 3.63) is 63.7 Å². The fraction of sp³-hybridized carbons (Fsp3) is 0.429. The molecule has 4 rings (SSSR count). The fourth-order valence-electron chi connectivity index (χ4n) is 4.74. The van der Waals surface area contributed by atoms with Crippen molar-refractivity contribution in [2.24, 2.45) is 0 Å². The summed E-state index contributed by atoms with van der Waals surface area (Å²) >= 11 is 6.60. The number of fused-ring (bicyclic) bond motifs is 1. The Labute approximate surface area is 149 Å². The molecular formula is C21H24ClNO. The normalized spacial score (nSPS) is 22.7. The first-order chi connectivity index (χ1) is 11.5. The van der Waals surface area contributed by atoms with Crippen LogP contribution in [0.5, 0.6) is 5.75 Å². The highest BCUT2D eigenvalue weighted by Gasteiger charge is 2.50. The van der Waals surface area contributed by atoms with Gasteiger partial charge in [0.2, 0.25) is 0 Å². The Hall–Kier alpha value is -1.51. The highest BCUT2D eigenvalue weighted by molar-refractivity contribution is 6.31. The summed E-state index contributed by atoms with van der Waals surface area (Å²) in [6, 6.07) is 12.8. The minimum Gasteiger partial charge on any atom is -0.508 e. The van der Waals surface area contributed by atoms with E-state index in [1.54, 1.807) is 0 Å². The average molecular weight is 342 g/mol. The molecule has 1 atom stereocenters. The molecule has 0 aromatic heterocycles.